The van der Waals surface area contributed by atoms with E-state index in [2.05, 4.69) is 4.90 Å². The standard InChI is InChI=1S/C13H19NO3/c1-14(9-12-3-2-6-17-12)10-13(11-15)4-7-16-8-5-13/h2-3,6,11H,4-5,7-10H2,1H3. The van der Waals surface area contributed by atoms with Crippen molar-refractivity contribution < 1.29 is 13.9 Å². The molecule has 0 amide bonds. The van der Waals surface area contributed by atoms with Gasteiger partial charge in [0.1, 0.15) is 12.0 Å². The van der Waals surface area contributed by atoms with Crippen molar-refractivity contribution in [3.63, 3.8) is 0 Å². The maximum atomic E-state index is 11.3. The summed E-state index contributed by atoms with van der Waals surface area (Å²) in [6.45, 7) is 2.88. The SMILES string of the molecule is CN(Cc1ccco1)CC1(C=O)CCOCC1. The van der Waals surface area contributed by atoms with Crippen molar-refractivity contribution in [2.45, 2.75) is 19.4 Å². The maximum Gasteiger partial charge on any atom is 0.127 e. The molecule has 94 valence electrons. The predicted molar refractivity (Wildman–Crippen MR) is 63.6 cm³/mol. The van der Waals surface area contributed by atoms with Crippen LogP contribution in [-0.2, 0) is 16.1 Å². The van der Waals surface area contributed by atoms with E-state index in [1.807, 2.05) is 19.2 Å². The molecule has 4 nitrogen and oxygen atoms in total. The average molecular weight is 237 g/mol. The van der Waals surface area contributed by atoms with Crippen molar-refractivity contribution in [2.24, 2.45) is 5.41 Å². The molecule has 0 N–H and O–H groups in total. The van der Waals surface area contributed by atoms with Gasteiger partial charge in [0, 0.05) is 25.2 Å². The van der Waals surface area contributed by atoms with E-state index >= 15 is 0 Å². The largest absolute Gasteiger partial charge is 0.468 e. The monoisotopic (exact) mass is 237 g/mol. The molecule has 0 saturated carbocycles. The van der Waals surface area contributed by atoms with Crippen LogP contribution in [0.5, 0.6) is 0 Å². The Labute approximate surface area is 102 Å². The molecule has 17 heavy (non-hydrogen) atoms. The quantitative estimate of drug-likeness (QED) is 0.731. The molecule has 2 rings (SSSR count). The fourth-order valence-corrected chi connectivity index (χ4v) is 2.35. The second-order valence-electron chi connectivity index (χ2n) is 4.84. The third-order valence-corrected chi connectivity index (χ3v) is 3.33. The zero-order valence-corrected chi connectivity index (χ0v) is 10.2. The van der Waals surface area contributed by atoms with E-state index in [0.717, 1.165) is 38.0 Å². The van der Waals surface area contributed by atoms with Gasteiger partial charge >= 0.3 is 0 Å². The number of ether oxygens (including phenoxy) is 1. The van der Waals surface area contributed by atoms with Gasteiger partial charge in [-0.05, 0) is 32.0 Å². The summed E-state index contributed by atoms with van der Waals surface area (Å²) in [5, 5.41) is 0. The van der Waals surface area contributed by atoms with Crippen LogP contribution in [0.25, 0.3) is 0 Å². The van der Waals surface area contributed by atoms with Crippen molar-refractivity contribution in [2.75, 3.05) is 26.8 Å². The fourth-order valence-electron chi connectivity index (χ4n) is 2.35. The number of nitrogens with zero attached hydrogens (tertiary/aromatic N) is 1. The highest BCUT2D eigenvalue weighted by Crippen LogP contribution is 2.29. The van der Waals surface area contributed by atoms with Gasteiger partial charge in [-0.1, -0.05) is 0 Å². The Balaban J connectivity index is 1.91. The number of aldehydes is 1. The van der Waals surface area contributed by atoms with Crippen molar-refractivity contribution >= 4 is 6.29 Å². The molecular formula is C13H19NO3. The molecule has 1 aliphatic heterocycles. The fraction of sp³-hybridized carbons (Fsp3) is 0.615. The first-order valence-electron chi connectivity index (χ1n) is 5.99. The van der Waals surface area contributed by atoms with Gasteiger partial charge in [-0.3, -0.25) is 4.90 Å². The minimum Gasteiger partial charge on any atom is -0.468 e. The van der Waals surface area contributed by atoms with Crippen LogP contribution in [-0.4, -0.2) is 38.0 Å². The molecule has 0 aromatic carbocycles. The number of carbonyl (C=O) groups excluding carboxylic acids is 1. The first-order chi connectivity index (χ1) is 8.24. The van der Waals surface area contributed by atoms with Gasteiger partial charge in [0.15, 0.2) is 0 Å². The Morgan fingerprint density at radius 1 is 1.47 bits per heavy atom. The van der Waals surface area contributed by atoms with E-state index in [0.29, 0.717) is 13.2 Å². The molecule has 0 aliphatic carbocycles. The summed E-state index contributed by atoms with van der Waals surface area (Å²) in [5.74, 6) is 0.931. The smallest absolute Gasteiger partial charge is 0.127 e. The Morgan fingerprint density at radius 2 is 2.24 bits per heavy atom. The molecule has 1 fully saturated rings. The van der Waals surface area contributed by atoms with Gasteiger partial charge in [0.25, 0.3) is 0 Å². The van der Waals surface area contributed by atoms with Crippen LogP contribution in [0, 0.1) is 5.41 Å². The molecule has 2 heterocycles. The summed E-state index contributed by atoms with van der Waals surface area (Å²) < 4.78 is 10.6. The van der Waals surface area contributed by atoms with Gasteiger partial charge < -0.3 is 13.9 Å². The number of furan rings is 1. The van der Waals surface area contributed by atoms with E-state index in [1.54, 1.807) is 6.26 Å². The van der Waals surface area contributed by atoms with Crippen molar-refractivity contribution in [1.29, 1.82) is 0 Å². The maximum absolute atomic E-state index is 11.3. The number of hydrogen-bond donors (Lipinski definition) is 0. The lowest BCUT2D eigenvalue weighted by atomic mass is 9.81. The summed E-state index contributed by atoms with van der Waals surface area (Å²) in [6, 6.07) is 3.83. The molecule has 0 spiro atoms. The number of hydrogen-bond acceptors (Lipinski definition) is 4. The summed E-state index contributed by atoms with van der Waals surface area (Å²) in [4.78, 5) is 13.5. The van der Waals surface area contributed by atoms with Crippen LogP contribution in [0.2, 0.25) is 0 Å². The lowest BCUT2D eigenvalue weighted by Crippen LogP contribution is -2.41. The Hall–Kier alpha value is -1.13. The average Bonchev–Trinajstić information content (AvgIpc) is 2.83. The third kappa shape index (κ3) is 3.17. The van der Waals surface area contributed by atoms with Crippen molar-refractivity contribution in [3.05, 3.63) is 24.2 Å². The van der Waals surface area contributed by atoms with Gasteiger partial charge in [0.2, 0.25) is 0 Å². The molecule has 4 heteroatoms. The van der Waals surface area contributed by atoms with E-state index < -0.39 is 0 Å². The minimum atomic E-state index is -0.237. The van der Waals surface area contributed by atoms with Crippen LogP contribution in [0.4, 0.5) is 0 Å². The summed E-state index contributed by atoms with van der Waals surface area (Å²) in [6.07, 6.45) is 4.42. The Bertz CT molecular complexity index is 342. The van der Waals surface area contributed by atoms with Crippen LogP contribution < -0.4 is 0 Å². The second kappa shape index (κ2) is 5.47. The number of carbonyl (C=O) groups is 1. The van der Waals surface area contributed by atoms with Gasteiger partial charge in [0.05, 0.1) is 12.8 Å². The highest BCUT2D eigenvalue weighted by molar-refractivity contribution is 5.60. The third-order valence-electron chi connectivity index (χ3n) is 3.33. The topological polar surface area (TPSA) is 42.7 Å². The molecule has 0 unspecified atom stereocenters. The van der Waals surface area contributed by atoms with Crippen molar-refractivity contribution in [1.82, 2.24) is 4.90 Å². The van der Waals surface area contributed by atoms with E-state index in [9.17, 15) is 4.79 Å². The molecule has 1 aliphatic rings. The molecule has 0 atom stereocenters. The normalized spacial score (nSPS) is 19.4. The second-order valence-corrected chi connectivity index (χ2v) is 4.84. The van der Waals surface area contributed by atoms with Crippen molar-refractivity contribution in [3.8, 4) is 0 Å². The zero-order valence-electron chi connectivity index (χ0n) is 10.2. The lowest BCUT2D eigenvalue weighted by Gasteiger charge is -2.35. The van der Waals surface area contributed by atoms with Gasteiger partial charge in [-0.2, -0.15) is 0 Å². The van der Waals surface area contributed by atoms with Gasteiger partial charge in [-0.25, -0.2) is 0 Å². The molecule has 1 aromatic heterocycles. The lowest BCUT2D eigenvalue weighted by molar-refractivity contribution is -0.122. The van der Waals surface area contributed by atoms with Crippen LogP contribution in [0.1, 0.15) is 18.6 Å². The zero-order chi connectivity index (χ0) is 12.1. The molecule has 0 bridgehead atoms. The molecule has 1 aromatic rings. The van der Waals surface area contributed by atoms with E-state index in [1.165, 1.54) is 0 Å². The predicted octanol–water partition coefficient (Wildman–Crippen LogP) is 1.71. The first-order valence-corrected chi connectivity index (χ1v) is 5.99. The summed E-state index contributed by atoms with van der Waals surface area (Å²) >= 11 is 0. The van der Waals surface area contributed by atoms with E-state index in [-0.39, 0.29) is 5.41 Å². The van der Waals surface area contributed by atoms with E-state index in [4.69, 9.17) is 9.15 Å². The van der Waals surface area contributed by atoms with Crippen LogP contribution in [0.15, 0.2) is 22.8 Å². The Kier molecular flexibility index (Phi) is 3.97. The molecule has 0 radical (unpaired) electrons. The summed E-state index contributed by atoms with van der Waals surface area (Å²) in [5.41, 5.74) is -0.237. The Morgan fingerprint density at radius 3 is 2.82 bits per heavy atom. The van der Waals surface area contributed by atoms with Crippen LogP contribution in [0.3, 0.4) is 0 Å². The highest BCUT2D eigenvalue weighted by Gasteiger charge is 2.33. The van der Waals surface area contributed by atoms with Crippen LogP contribution >= 0.6 is 0 Å². The molecular weight excluding hydrogens is 218 g/mol. The summed E-state index contributed by atoms with van der Waals surface area (Å²) in [7, 11) is 2.02. The highest BCUT2D eigenvalue weighted by atomic mass is 16.5. The van der Waals surface area contributed by atoms with Gasteiger partial charge in [-0.15, -0.1) is 0 Å². The first kappa shape index (κ1) is 12.3. The number of rotatable bonds is 5. The molecule has 1 saturated heterocycles. The minimum absolute atomic E-state index is 0.237.